The SMILES string of the molecule is O=C(c1cc(C(=O)C(O)C(F)F)c(O)c(-c2ccccc2)c1)C(O)C(F)F. The van der Waals surface area contributed by atoms with E-state index in [0.29, 0.717) is 6.07 Å². The summed E-state index contributed by atoms with van der Waals surface area (Å²) in [4.78, 5) is 24.1. The fourth-order valence-corrected chi connectivity index (χ4v) is 2.36. The number of carbonyl (C=O) groups is 2. The molecule has 144 valence electrons. The Hall–Kier alpha value is -2.78. The number of hydrogen-bond acceptors (Lipinski definition) is 5. The maximum atomic E-state index is 12.7. The van der Waals surface area contributed by atoms with Crippen LogP contribution in [0.1, 0.15) is 20.7 Å². The molecule has 0 aliphatic heterocycles. The number of benzene rings is 2. The van der Waals surface area contributed by atoms with Gasteiger partial charge in [-0.1, -0.05) is 30.3 Å². The van der Waals surface area contributed by atoms with Crippen LogP contribution in [-0.4, -0.2) is 51.9 Å². The van der Waals surface area contributed by atoms with Crippen LogP contribution >= 0.6 is 0 Å². The van der Waals surface area contributed by atoms with Crippen LogP contribution in [-0.2, 0) is 0 Å². The molecule has 2 aromatic rings. The Balaban J connectivity index is 2.67. The zero-order valence-corrected chi connectivity index (χ0v) is 13.5. The number of aromatic hydroxyl groups is 1. The van der Waals surface area contributed by atoms with Gasteiger partial charge in [-0.05, 0) is 17.7 Å². The summed E-state index contributed by atoms with van der Waals surface area (Å²) in [5, 5.41) is 28.9. The van der Waals surface area contributed by atoms with Gasteiger partial charge < -0.3 is 15.3 Å². The molecule has 9 heteroatoms. The average molecular weight is 386 g/mol. The van der Waals surface area contributed by atoms with Crippen molar-refractivity contribution in [2.45, 2.75) is 25.1 Å². The van der Waals surface area contributed by atoms with Crippen molar-refractivity contribution in [1.82, 2.24) is 0 Å². The van der Waals surface area contributed by atoms with Crippen molar-refractivity contribution >= 4 is 11.6 Å². The molecule has 0 bridgehead atoms. The first kappa shape index (κ1) is 20.5. The van der Waals surface area contributed by atoms with Crippen molar-refractivity contribution in [2.75, 3.05) is 0 Å². The number of aliphatic hydroxyl groups excluding tert-OH is 2. The number of phenolic OH excluding ortho intramolecular Hbond substituents is 1. The summed E-state index contributed by atoms with van der Waals surface area (Å²) in [6, 6.07) is 9.12. The first-order valence-electron chi connectivity index (χ1n) is 7.58. The lowest BCUT2D eigenvalue weighted by molar-refractivity contribution is 0.00386. The van der Waals surface area contributed by atoms with Gasteiger partial charge in [-0.2, -0.15) is 0 Å². The lowest BCUT2D eigenvalue weighted by Gasteiger charge is -2.16. The molecular formula is C18H14F4O5. The van der Waals surface area contributed by atoms with E-state index in [2.05, 4.69) is 0 Å². The third-order valence-electron chi connectivity index (χ3n) is 3.76. The minimum absolute atomic E-state index is 0.187. The molecule has 27 heavy (non-hydrogen) atoms. The van der Waals surface area contributed by atoms with Crippen molar-refractivity contribution in [2.24, 2.45) is 0 Å². The molecule has 0 fully saturated rings. The van der Waals surface area contributed by atoms with E-state index in [-0.39, 0.29) is 11.1 Å². The number of alkyl halides is 4. The Kier molecular flexibility index (Phi) is 6.29. The molecule has 2 rings (SSSR count). The first-order valence-corrected chi connectivity index (χ1v) is 7.58. The van der Waals surface area contributed by atoms with Gasteiger partial charge in [-0.25, -0.2) is 17.6 Å². The maximum Gasteiger partial charge on any atom is 0.271 e. The Labute approximate surface area is 150 Å². The quantitative estimate of drug-likeness (QED) is 0.502. The van der Waals surface area contributed by atoms with E-state index in [9.17, 15) is 42.5 Å². The standard InChI is InChI=1S/C18H14F4O5/c19-17(20)15(26)12(23)9-6-10(8-4-2-1-3-5-8)13(24)11(7-9)14(25)16(27)18(21)22/h1-7,15-18,24,26-27H. The van der Waals surface area contributed by atoms with Crippen LogP contribution in [0.25, 0.3) is 11.1 Å². The molecule has 0 aromatic heterocycles. The molecule has 0 aliphatic carbocycles. The smallest absolute Gasteiger partial charge is 0.271 e. The zero-order chi connectivity index (χ0) is 20.3. The molecule has 0 heterocycles. The number of hydrogen-bond donors (Lipinski definition) is 3. The van der Waals surface area contributed by atoms with Crippen LogP contribution < -0.4 is 0 Å². The maximum absolute atomic E-state index is 12.7. The second kappa shape index (κ2) is 8.28. The van der Waals surface area contributed by atoms with E-state index >= 15 is 0 Å². The summed E-state index contributed by atoms with van der Waals surface area (Å²) in [5.74, 6) is -3.88. The van der Waals surface area contributed by atoms with Gasteiger partial charge in [0.05, 0.1) is 5.56 Å². The van der Waals surface area contributed by atoms with Crippen molar-refractivity contribution in [1.29, 1.82) is 0 Å². The number of halogens is 4. The van der Waals surface area contributed by atoms with Crippen LogP contribution in [0.5, 0.6) is 5.75 Å². The molecule has 0 amide bonds. The molecule has 0 radical (unpaired) electrons. The minimum atomic E-state index is -3.47. The monoisotopic (exact) mass is 386 g/mol. The van der Waals surface area contributed by atoms with Crippen LogP contribution in [0.15, 0.2) is 42.5 Å². The van der Waals surface area contributed by atoms with E-state index in [1.165, 1.54) is 24.3 Å². The minimum Gasteiger partial charge on any atom is -0.507 e. The number of ketones is 2. The van der Waals surface area contributed by atoms with Gasteiger partial charge in [0, 0.05) is 11.1 Å². The number of phenols is 1. The zero-order valence-electron chi connectivity index (χ0n) is 13.5. The van der Waals surface area contributed by atoms with Crippen molar-refractivity contribution in [3.63, 3.8) is 0 Å². The molecule has 5 nitrogen and oxygen atoms in total. The Morgan fingerprint density at radius 1 is 0.815 bits per heavy atom. The number of aliphatic hydroxyl groups is 2. The summed E-state index contributed by atoms with van der Waals surface area (Å²) in [6.07, 6.45) is -12.4. The Bertz CT molecular complexity index is 839. The first-order chi connectivity index (χ1) is 12.6. The summed E-state index contributed by atoms with van der Waals surface area (Å²) in [6.45, 7) is 0. The third-order valence-corrected chi connectivity index (χ3v) is 3.76. The molecule has 3 N–H and O–H groups in total. The average Bonchev–Trinajstić information content (AvgIpc) is 2.66. The van der Waals surface area contributed by atoms with Crippen molar-refractivity contribution < 1.29 is 42.5 Å². The second-order valence-corrected chi connectivity index (χ2v) is 5.57. The van der Waals surface area contributed by atoms with Gasteiger partial charge in [0.2, 0.25) is 5.78 Å². The van der Waals surface area contributed by atoms with Crippen molar-refractivity contribution in [3.8, 4) is 16.9 Å². The molecule has 0 saturated carbocycles. The van der Waals surface area contributed by atoms with Crippen LogP contribution in [0.2, 0.25) is 0 Å². The topological polar surface area (TPSA) is 94.8 Å². The van der Waals surface area contributed by atoms with Gasteiger partial charge in [0.25, 0.3) is 12.9 Å². The van der Waals surface area contributed by atoms with Crippen LogP contribution in [0.3, 0.4) is 0 Å². The molecule has 0 aliphatic rings. The van der Waals surface area contributed by atoms with Crippen LogP contribution in [0.4, 0.5) is 17.6 Å². The van der Waals surface area contributed by atoms with E-state index in [1.807, 2.05) is 0 Å². The van der Waals surface area contributed by atoms with Gasteiger partial charge in [-0.3, -0.25) is 9.59 Å². The summed E-state index contributed by atoms with van der Waals surface area (Å²) in [5.41, 5.74) is -1.40. The third kappa shape index (κ3) is 4.32. The van der Waals surface area contributed by atoms with Gasteiger partial charge in [-0.15, -0.1) is 0 Å². The largest absolute Gasteiger partial charge is 0.507 e. The highest BCUT2D eigenvalue weighted by molar-refractivity contribution is 6.08. The fraction of sp³-hybridized carbons (Fsp3) is 0.222. The highest BCUT2D eigenvalue weighted by atomic mass is 19.3. The predicted octanol–water partition coefficient (Wildman–Crippen LogP) is 2.68. The predicted molar refractivity (Wildman–Crippen MR) is 86.2 cm³/mol. The van der Waals surface area contributed by atoms with Gasteiger partial charge in [0.15, 0.2) is 18.0 Å². The molecule has 0 spiro atoms. The molecule has 2 aromatic carbocycles. The second-order valence-electron chi connectivity index (χ2n) is 5.57. The Morgan fingerprint density at radius 2 is 1.33 bits per heavy atom. The number of carbonyl (C=O) groups excluding carboxylic acids is 2. The summed E-state index contributed by atoms with van der Waals surface area (Å²) < 4.78 is 50.6. The molecule has 2 atom stereocenters. The summed E-state index contributed by atoms with van der Waals surface area (Å²) >= 11 is 0. The number of Topliss-reactive ketones (excluding diaryl/α,β-unsaturated/α-hetero) is 2. The van der Waals surface area contributed by atoms with Crippen molar-refractivity contribution in [3.05, 3.63) is 53.6 Å². The lowest BCUT2D eigenvalue weighted by Crippen LogP contribution is -2.30. The number of rotatable bonds is 7. The highest BCUT2D eigenvalue weighted by Gasteiger charge is 2.32. The van der Waals surface area contributed by atoms with Crippen LogP contribution in [0, 0.1) is 0 Å². The Morgan fingerprint density at radius 3 is 1.85 bits per heavy atom. The van der Waals surface area contributed by atoms with Gasteiger partial charge >= 0.3 is 0 Å². The fourth-order valence-electron chi connectivity index (χ4n) is 2.36. The molecular weight excluding hydrogens is 372 g/mol. The summed E-state index contributed by atoms with van der Waals surface area (Å²) in [7, 11) is 0. The van der Waals surface area contributed by atoms with E-state index in [0.717, 1.165) is 6.07 Å². The lowest BCUT2D eigenvalue weighted by atomic mass is 9.92. The van der Waals surface area contributed by atoms with E-state index in [1.54, 1.807) is 6.07 Å². The van der Waals surface area contributed by atoms with E-state index < -0.39 is 53.5 Å². The molecule has 0 saturated heterocycles. The highest BCUT2D eigenvalue weighted by Crippen LogP contribution is 2.35. The normalized spacial score (nSPS) is 13.6. The van der Waals surface area contributed by atoms with Gasteiger partial charge in [0.1, 0.15) is 5.75 Å². The molecule has 2 unspecified atom stereocenters. The van der Waals surface area contributed by atoms with E-state index in [4.69, 9.17) is 0 Å².